The van der Waals surface area contributed by atoms with Crippen molar-refractivity contribution >= 4 is 5.91 Å². The monoisotopic (exact) mass is 270 g/mol. The molecule has 1 amide bonds. The first-order chi connectivity index (χ1) is 9.69. The summed E-state index contributed by atoms with van der Waals surface area (Å²) in [7, 11) is 0. The SMILES string of the molecule is Cc1cccc(C(=O)N2CC3CC4CC2CN(C4)C3)c1. The molecule has 0 radical (unpaired) electrons. The van der Waals surface area contributed by atoms with Gasteiger partial charge in [-0.25, -0.2) is 0 Å². The van der Waals surface area contributed by atoms with E-state index in [1.807, 2.05) is 18.2 Å². The molecule has 0 spiro atoms. The Bertz CT molecular complexity index is 528. The maximum absolute atomic E-state index is 12.9. The lowest BCUT2D eigenvalue weighted by Gasteiger charge is -2.41. The van der Waals surface area contributed by atoms with Crippen molar-refractivity contribution in [2.75, 3.05) is 26.2 Å². The van der Waals surface area contributed by atoms with Gasteiger partial charge >= 0.3 is 0 Å². The Morgan fingerprint density at radius 1 is 1.10 bits per heavy atom. The first-order valence-electron chi connectivity index (χ1n) is 7.79. The lowest BCUT2D eigenvalue weighted by atomic mass is 9.84. The fourth-order valence-corrected chi connectivity index (χ4v) is 4.48. The van der Waals surface area contributed by atoms with E-state index in [-0.39, 0.29) is 5.91 Å². The highest BCUT2D eigenvalue weighted by Gasteiger charge is 2.43. The number of carbonyl (C=O) groups excluding carboxylic acids is 1. The molecule has 4 bridgehead atoms. The molecule has 4 aliphatic heterocycles. The van der Waals surface area contributed by atoms with Crippen LogP contribution in [0.4, 0.5) is 0 Å². The number of hydrogen-bond donors (Lipinski definition) is 0. The zero-order valence-electron chi connectivity index (χ0n) is 12.1. The average Bonchev–Trinajstić information content (AvgIpc) is 2.62. The van der Waals surface area contributed by atoms with Gasteiger partial charge in [-0.2, -0.15) is 0 Å². The Morgan fingerprint density at radius 3 is 2.75 bits per heavy atom. The zero-order valence-corrected chi connectivity index (χ0v) is 12.1. The molecular weight excluding hydrogens is 248 g/mol. The first kappa shape index (κ1) is 12.4. The van der Waals surface area contributed by atoms with Crippen molar-refractivity contribution in [3.05, 3.63) is 35.4 Å². The quantitative estimate of drug-likeness (QED) is 0.781. The molecule has 4 heterocycles. The van der Waals surface area contributed by atoms with E-state index in [0.29, 0.717) is 12.0 Å². The molecule has 4 unspecified atom stereocenters. The van der Waals surface area contributed by atoms with Crippen LogP contribution < -0.4 is 0 Å². The highest BCUT2D eigenvalue weighted by molar-refractivity contribution is 5.94. The molecular formula is C17H22N2O. The van der Waals surface area contributed by atoms with E-state index in [9.17, 15) is 4.79 Å². The standard InChI is InChI=1S/C17H22N2O/c1-12-3-2-4-15(5-12)17(20)19-10-14-6-13-7-16(19)11-18(8-13)9-14/h2-5,13-14,16H,6-11H2,1H3. The Balaban J connectivity index is 1.63. The van der Waals surface area contributed by atoms with Gasteiger partial charge in [0.25, 0.3) is 5.91 Å². The van der Waals surface area contributed by atoms with Crippen LogP contribution in [-0.4, -0.2) is 47.9 Å². The molecule has 4 atom stereocenters. The summed E-state index contributed by atoms with van der Waals surface area (Å²) in [6, 6.07) is 8.48. The fraction of sp³-hybridized carbons (Fsp3) is 0.588. The summed E-state index contributed by atoms with van der Waals surface area (Å²) in [5.41, 5.74) is 2.03. The van der Waals surface area contributed by atoms with Crippen LogP contribution >= 0.6 is 0 Å². The number of benzene rings is 1. The van der Waals surface area contributed by atoms with Gasteiger partial charge in [-0.3, -0.25) is 4.79 Å². The van der Waals surface area contributed by atoms with E-state index < -0.39 is 0 Å². The number of amides is 1. The van der Waals surface area contributed by atoms with Crippen LogP contribution in [0.5, 0.6) is 0 Å². The molecule has 0 N–H and O–H groups in total. The lowest BCUT2D eigenvalue weighted by Crippen LogP contribution is -2.50. The minimum Gasteiger partial charge on any atom is -0.334 e. The van der Waals surface area contributed by atoms with Crippen LogP contribution in [0.3, 0.4) is 0 Å². The van der Waals surface area contributed by atoms with E-state index >= 15 is 0 Å². The van der Waals surface area contributed by atoms with Crippen molar-refractivity contribution < 1.29 is 4.79 Å². The maximum Gasteiger partial charge on any atom is 0.254 e. The highest BCUT2D eigenvalue weighted by Crippen LogP contribution is 2.36. The van der Waals surface area contributed by atoms with Gasteiger partial charge in [0.15, 0.2) is 0 Å². The van der Waals surface area contributed by atoms with Gasteiger partial charge in [-0.15, -0.1) is 0 Å². The van der Waals surface area contributed by atoms with Crippen molar-refractivity contribution in [1.29, 1.82) is 0 Å². The molecule has 4 saturated heterocycles. The lowest BCUT2D eigenvalue weighted by molar-refractivity contribution is 0.0573. The number of rotatable bonds is 1. The van der Waals surface area contributed by atoms with Crippen LogP contribution in [-0.2, 0) is 0 Å². The molecule has 4 fully saturated rings. The summed E-state index contributed by atoms with van der Waals surface area (Å²) in [6.07, 6.45) is 2.54. The summed E-state index contributed by atoms with van der Waals surface area (Å²) in [6.45, 7) is 6.57. The number of piperidine rings is 2. The molecule has 20 heavy (non-hydrogen) atoms. The van der Waals surface area contributed by atoms with E-state index in [2.05, 4.69) is 22.8 Å². The molecule has 3 nitrogen and oxygen atoms in total. The predicted molar refractivity (Wildman–Crippen MR) is 78.7 cm³/mol. The summed E-state index contributed by atoms with van der Waals surface area (Å²) in [5, 5.41) is 0. The molecule has 106 valence electrons. The topological polar surface area (TPSA) is 23.6 Å². The minimum atomic E-state index is 0.244. The van der Waals surface area contributed by atoms with Gasteiger partial charge < -0.3 is 9.80 Å². The second-order valence-corrected chi connectivity index (χ2v) is 6.90. The highest BCUT2D eigenvalue weighted by atomic mass is 16.2. The summed E-state index contributed by atoms with van der Waals surface area (Å²) in [4.78, 5) is 17.6. The van der Waals surface area contributed by atoms with Crippen molar-refractivity contribution in [2.24, 2.45) is 11.8 Å². The van der Waals surface area contributed by atoms with Gasteiger partial charge in [-0.05, 0) is 43.7 Å². The fourth-order valence-electron chi connectivity index (χ4n) is 4.48. The van der Waals surface area contributed by atoms with Crippen molar-refractivity contribution in [2.45, 2.75) is 25.8 Å². The number of fused-ring (bicyclic) bond motifs is 1. The largest absolute Gasteiger partial charge is 0.334 e. The third-order valence-electron chi connectivity index (χ3n) is 5.20. The molecule has 5 rings (SSSR count). The molecule has 0 aliphatic carbocycles. The Labute approximate surface area is 120 Å². The Hall–Kier alpha value is -1.35. The number of aryl methyl sites for hydroxylation is 1. The molecule has 3 heteroatoms. The third kappa shape index (κ3) is 2.05. The van der Waals surface area contributed by atoms with Gasteiger partial charge in [-0.1, -0.05) is 17.7 Å². The van der Waals surface area contributed by atoms with Crippen LogP contribution in [0.1, 0.15) is 28.8 Å². The maximum atomic E-state index is 12.9. The van der Waals surface area contributed by atoms with Crippen LogP contribution in [0.2, 0.25) is 0 Å². The summed E-state index contributed by atoms with van der Waals surface area (Å²) in [5.74, 6) is 1.76. The van der Waals surface area contributed by atoms with E-state index in [1.165, 1.54) is 31.5 Å². The van der Waals surface area contributed by atoms with Crippen LogP contribution in [0.25, 0.3) is 0 Å². The van der Waals surface area contributed by atoms with E-state index in [1.54, 1.807) is 0 Å². The number of nitrogens with zero attached hydrogens (tertiary/aromatic N) is 2. The van der Waals surface area contributed by atoms with Crippen LogP contribution in [0, 0.1) is 18.8 Å². The van der Waals surface area contributed by atoms with Gasteiger partial charge in [0.1, 0.15) is 0 Å². The zero-order chi connectivity index (χ0) is 13.7. The van der Waals surface area contributed by atoms with Gasteiger partial charge in [0.2, 0.25) is 0 Å². The number of hydrogen-bond acceptors (Lipinski definition) is 2. The van der Waals surface area contributed by atoms with E-state index in [0.717, 1.165) is 24.6 Å². The Kier molecular flexibility index (Phi) is 2.84. The van der Waals surface area contributed by atoms with E-state index in [4.69, 9.17) is 0 Å². The number of carbonyl (C=O) groups is 1. The molecule has 4 aliphatic rings. The normalized spacial score (nSPS) is 35.1. The minimum absolute atomic E-state index is 0.244. The smallest absolute Gasteiger partial charge is 0.254 e. The Morgan fingerprint density at radius 2 is 1.95 bits per heavy atom. The predicted octanol–water partition coefficient (Wildman–Crippen LogP) is 2.16. The summed E-state index contributed by atoms with van der Waals surface area (Å²) >= 11 is 0. The molecule has 1 aromatic rings. The third-order valence-corrected chi connectivity index (χ3v) is 5.20. The molecule has 1 aromatic carbocycles. The summed E-state index contributed by atoms with van der Waals surface area (Å²) < 4.78 is 0. The molecule has 0 aromatic heterocycles. The second-order valence-electron chi connectivity index (χ2n) is 6.90. The van der Waals surface area contributed by atoms with Gasteiger partial charge in [0, 0.05) is 37.8 Å². The molecule has 0 saturated carbocycles. The van der Waals surface area contributed by atoms with Crippen molar-refractivity contribution in [3.63, 3.8) is 0 Å². The first-order valence-corrected chi connectivity index (χ1v) is 7.79. The van der Waals surface area contributed by atoms with Crippen molar-refractivity contribution in [3.8, 4) is 0 Å². The van der Waals surface area contributed by atoms with Crippen LogP contribution in [0.15, 0.2) is 24.3 Å². The second kappa shape index (κ2) is 4.59. The van der Waals surface area contributed by atoms with Crippen molar-refractivity contribution in [1.82, 2.24) is 9.80 Å². The average molecular weight is 270 g/mol. The van der Waals surface area contributed by atoms with Gasteiger partial charge in [0.05, 0.1) is 0 Å².